The van der Waals surface area contributed by atoms with Crippen molar-refractivity contribution in [3.05, 3.63) is 17.3 Å². The van der Waals surface area contributed by atoms with Crippen molar-refractivity contribution < 1.29 is 0 Å². The van der Waals surface area contributed by atoms with E-state index < -0.39 is 0 Å². The summed E-state index contributed by atoms with van der Waals surface area (Å²) in [6.45, 7) is 2.00. The summed E-state index contributed by atoms with van der Waals surface area (Å²) < 4.78 is 5.91. The van der Waals surface area contributed by atoms with E-state index >= 15 is 0 Å². The first kappa shape index (κ1) is 7.42. The molecule has 0 bridgehead atoms. The minimum Gasteiger partial charge on any atom is -0.272 e. The van der Waals surface area contributed by atoms with Crippen molar-refractivity contribution in [2.75, 3.05) is 0 Å². The maximum atomic E-state index is 4.25. The molecule has 5 heteroatoms. The number of rotatable bonds is 1. The van der Waals surface area contributed by atoms with Crippen molar-refractivity contribution in [2.45, 2.75) is 6.92 Å². The fourth-order valence-electron chi connectivity index (χ4n) is 0.953. The Morgan fingerprint density at radius 2 is 2.33 bits per heavy atom. The smallest absolute Gasteiger partial charge is 0.193 e. The van der Waals surface area contributed by atoms with Crippen LogP contribution in [0, 0.1) is 6.92 Å². The molecule has 0 aliphatic rings. The van der Waals surface area contributed by atoms with E-state index in [4.69, 9.17) is 0 Å². The van der Waals surface area contributed by atoms with Gasteiger partial charge in [0.1, 0.15) is 11.2 Å². The van der Waals surface area contributed by atoms with Crippen LogP contribution in [0.3, 0.4) is 0 Å². The molecule has 62 valence electrons. The van der Waals surface area contributed by atoms with E-state index in [2.05, 4.69) is 14.5 Å². The standard InChI is InChI=1S/C7H8N4S/c1-5-3-6(9-11(5)2)7-8-4-12-10-7/h3-4H,1-2H3. The van der Waals surface area contributed by atoms with Gasteiger partial charge >= 0.3 is 0 Å². The molecule has 4 nitrogen and oxygen atoms in total. The summed E-state index contributed by atoms with van der Waals surface area (Å²) in [4.78, 5) is 4.07. The molecule has 2 heterocycles. The van der Waals surface area contributed by atoms with Crippen LogP contribution in [-0.2, 0) is 7.05 Å². The van der Waals surface area contributed by atoms with Crippen LogP contribution in [-0.4, -0.2) is 19.1 Å². The lowest BCUT2D eigenvalue weighted by molar-refractivity contribution is 0.741. The van der Waals surface area contributed by atoms with Crippen molar-refractivity contribution >= 4 is 11.5 Å². The number of hydrogen-bond donors (Lipinski definition) is 0. The van der Waals surface area contributed by atoms with Crippen molar-refractivity contribution in [1.29, 1.82) is 0 Å². The third-order valence-corrected chi connectivity index (χ3v) is 2.18. The van der Waals surface area contributed by atoms with Gasteiger partial charge in [-0.15, -0.1) is 0 Å². The van der Waals surface area contributed by atoms with E-state index in [9.17, 15) is 0 Å². The van der Waals surface area contributed by atoms with Gasteiger partial charge in [0.05, 0.1) is 0 Å². The van der Waals surface area contributed by atoms with E-state index in [1.807, 2.05) is 24.7 Å². The summed E-state index contributed by atoms with van der Waals surface area (Å²) in [7, 11) is 1.91. The van der Waals surface area contributed by atoms with Gasteiger partial charge in [-0.1, -0.05) is 0 Å². The van der Waals surface area contributed by atoms with Crippen LogP contribution in [0.2, 0.25) is 0 Å². The second-order valence-electron chi connectivity index (χ2n) is 2.55. The van der Waals surface area contributed by atoms with E-state index in [1.54, 1.807) is 5.51 Å². The second kappa shape index (κ2) is 2.67. The Balaban J connectivity index is 2.48. The molecular formula is C7H8N4S. The summed E-state index contributed by atoms with van der Waals surface area (Å²) in [6, 6.07) is 1.97. The molecule has 0 radical (unpaired) electrons. The van der Waals surface area contributed by atoms with Crippen molar-refractivity contribution in [3.63, 3.8) is 0 Å². The van der Waals surface area contributed by atoms with Gasteiger partial charge in [-0.25, -0.2) is 4.98 Å². The molecule has 12 heavy (non-hydrogen) atoms. The Labute approximate surface area is 74.0 Å². The first-order valence-electron chi connectivity index (χ1n) is 3.55. The van der Waals surface area contributed by atoms with Crippen LogP contribution in [0.25, 0.3) is 11.5 Å². The maximum absolute atomic E-state index is 4.25. The first-order chi connectivity index (χ1) is 5.77. The molecule has 0 unspecified atom stereocenters. The molecule has 0 aliphatic heterocycles. The topological polar surface area (TPSA) is 43.6 Å². The van der Waals surface area contributed by atoms with Gasteiger partial charge in [-0.3, -0.25) is 4.68 Å². The fourth-order valence-corrected chi connectivity index (χ4v) is 1.39. The Bertz CT molecular complexity index is 357. The Kier molecular flexibility index (Phi) is 1.65. The van der Waals surface area contributed by atoms with E-state index in [0.717, 1.165) is 11.4 Å². The van der Waals surface area contributed by atoms with E-state index in [-0.39, 0.29) is 0 Å². The lowest BCUT2D eigenvalue weighted by Gasteiger charge is -1.88. The van der Waals surface area contributed by atoms with E-state index in [0.29, 0.717) is 5.82 Å². The predicted molar refractivity (Wildman–Crippen MR) is 46.8 cm³/mol. The Hall–Kier alpha value is -1.23. The Morgan fingerprint density at radius 3 is 2.83 bits per heavy atom. The second-order valence-corrected chi connectivity index (χ2v) is 3.15. The number of aryl methyl sites for hydroxylation is 2. The molecule has 0 saturated heterocycles. The summed E-state index contributed by atoms with van der Waals surface area (Å²) in [5.41, 5.74) is 3.66. The van der Waals surface area contributed by atoms with Crippen LogP contribution in [0.1, 0.15) is 5.69 Å². The zero-order valence-electron chi connectivity index (χ0n) is 6.85. The summed E-state index contributed by atoms with van der Waals surface area (Å²) >= 11 is 1.34. The molecule has 0 atom stereocenters. The Morgan fingerprint density at radius 1 is 1.50 bits per heavy atom. The molecule has 2 aromatic rings. The van der Waals surface area contributed by atoms with Gasteiger partial charge in [-0.05, 0) is 24.5 Å². The van der Waals surface area contributed by atoms with Crippen LogP contribution in [0.4, 0.5) is 0 Å². The molecule has 0 amide bonds. The van der Waals surface area contributed by atoms with Gasteiger partial charge in [0.2, 0.25) is 0 Å². The fraction of sp³-hybridized carbons (Fsp3) is 0.286. The summed E-state index contributed by atoms with van der Waals surface area (Å²) in [6.07, 6.45) is 0. The van der Waals surface area contributed by atoms with Crippen LogP contribution >= 0.6 is 11.5 Å². The van der Waals surface area contributed by atoms with Crippen LogP contribution < -0.4 is 0 Å². The highest BCUT2D eigenvalue weighted by Crippen LogP contribution is 2.14. The van der Waals surface area contributed by atoms with Gasteiger partial charge in [0.15, 0.2) is 5.82 Å². The monoisotopic (exact) mass is 180 g/mol. The molecule has 2 rings (SSSR count). The zero-order chi connectivity index (χ0) is 8.55. The lowest BCUT2D eigenvalue weighted by atomic mass is 10.3. The largest absolute Gasteiger partial charge is 0.272 e. The maximum Gasteiger partial charge on any atom is 0.193 e. The number of nitrogens with zero attached hydrogens (tertiary/aromatic N) is 4. The van der Waals surface area contributed by atoms with Gasteiger partial charge < -0.3 is 0 Å². The predicted octanol–water partition coefficient (Wildman–Crippen LogP) is 1.25. The minimum absolute atomic E-state index is 0.712. The number of hydrogen-bond acceptors (Lipinski definition) is 4. The van der Waals surface area contributed by atoms with Gasteiger partial charge in [0, 0.05) is 12.7 Å². The van der Waals surface area contributed by atoms with Crippen molar-refractivity contribution in [1.82, 2.24) is 19.1 Å². The van der Waals surface area contributed by atoms with E-state index in [1.165, 1.54) is 11.5 Å². The zero-order valence-corrected chi connectivity index (χ0v) is 7.67. The number of aromatic nitrogens is 4. The molecule has 0 aliphatic carbocycles. The highest BCUT2D eigenvalue weighted by Gasteiger charge is 2.06. The van der Waals surface area contributed by atoms with Crippen molar-refractivity contribution in [2.24, 2.45) is 7.05 Å². The molecule has 2 aromatic heterocycles. The summed E-state index contributed by atoms with van der Waals surface area (Å²) in [5.74, 6) is 0.712. The minimum atomic E-state index is 0.712. The lowest BCUT2D eigenvalue weighted by Crippen LogP contribution is -1.92. The van der Waals surface area contributed by atoms with Gasteiger partial charge in [0.25, 0.3) is 0 Å². The molecule has 0 N–H and O–H groups in total. The average Bonchev–Trinajstić information content (AvgIpc) is 2.61. The van der Waals surface area contributed by atoms with Gasteiger partial charge in [-0.2, -0.15) is 9.47 Å². The average molecular weight is 180 g/mol. The first-order valence-corrected chi connectivity index (χ1v) is 4.38. The van der Waals surface area contributed by atoms with Crippen LogP contribution in [0.15, 0.2) is 11.6 Å². The molecule has 0 saturated carbocycles. The molecule has 0 aromatic carbocycles. The van der Waals surface area contributed by atoms with Crippen molar-refractivity contribution in [3.8, 4) is 11.5 Å². The molecular weight excluding hydrogens is 172 g/mol. The molecule has 0 fully saturated rings. The molecule has 0 spiro atoms. The highest BCUT2D eigenvalue weighted by molar-refractivity contribution is 7.03. The SMILES string of the molecule is Cc1cc(-c2ncsn2)nn1C. The normalized spacial score (nSPS) is 10.5. The third kappa shape index (κ3) is 1.12. The third-order valence-electron chi connectivity index (χ3n) is 1.70. The summed E-state index contributed by atoms with van der Waals surface area (Å²) in [5, 5.41) is 4.25. The quantitative estimate of drug-likeness (QED) is 0.663. The van der Waals surface area contributed by atoms with Crippen LogP contribution in [0.5, 0.6) is 0 Å². The highest BCUT2D eigenvalue weighted by atomic mass is 32.1.